The van der Waals surface area contributed by atoms with Crippen molar-refractivity contribution in [2.24, 2.45) is 0 Å². The minimum atomic E-state index is 1.09. The Balaban J connectivity index is 0.870. The molecule has 0 N–H and O–H groups in total. The van der Waals surface area contributed by atoms with Gasteiger partial charge in [-0.3, -0.25) is 0 Å². The average Bonchev–Trinajstić information content (AvgIpc) is 3.96. The monoisotopic (exact) mass is 918 g/mol. The molecule has 0 atom stereocenters. The SMILES string of the molecule is c1ccc(-n2c3ccccc3c3cc(N(c4ccc(-c5ccc(N(c6ccc7c(c6)c6ccccc6n7-c6ccccc6)c6cccc7ccccc67)cc5)cc4)c4cccc5ccccc45)ccc32)cc1. The van der Waals surface area contributed by atoms with Crippen molar-refractivity contribution < 1.29 is 0 Å². The third-order valence-corrected chi connectivity index (χ3v) is 14.5. The average molecular weight is 919 g/mol. The Bertz CT molecular complexity index is 4030. The third-order valence-electron chi connectivity index (χ3n) is 14.5. The number of nitrogens with zero attached hydrogens (tertiary/aromatic N) is 4. The van der Waals surface area contributed by atoms with Crippen molar-refractivity contribution in [2.75, 3.05) is 9.80 Å². The summed E-state index contributed by atoms with van der Waals surface area (Å²) in [5.41, 5.74) is 16.0. The minimum absolute atomic E-state index is 1.09. The number of hydrogen-bond donors (Lipinski definition) is 0. The molecule has 4 nitrogen and oxygen atoms in total. The molecule has 14 aromatic rings. The van der Waals surface area contributed by atoms with Crippen molar-refractivity contribution in [2.45, 2.75) is 0 Å². The van der Waals surface area contributed by atoms with Gasteiger partial charge in [0.05, 0.1) is 33.4 Å². The van der Waals surface area contributed by atoms with Crippen molar-refractivity contribution in [1.82, 2.24) is 9.13 Å². The minimum Gasteiger partial charge on any atom is -0.310 e. The van der Waals surface area contributed by atoms with E-state index in [9.17, 15) is 0 Å². The molecule has 0 aliphatic rings. The van der Waals surface area contributed by atoms with Crippen LogP contribution in [0.2, 0.25) is 0 Å². The molecule has 14 rings (SSSR count). The first-order valence-corrected chi connectivity index (χ1v) is 24.7. The van der Waals surface area contributed by atoms with E-state index >= 15 is 0 Å². The number of rotatable bonds is 9. The molecule has 0 aliphatic carbocycles. The lowest BCUT2D eigenvalue weighted by molar-refractivity contribution is 1.18. The van der Waals surface area contributed by atoms with Crippen molar-refractivity contribution in [1.29, 1.82) is 0 Å². The highest BCUT2D eigenvalue weighted by molar-refractivity contribution is 6.13. The molecule has 12 aromatic carbocycles. The van der Waals surface area contributed by atoms with Crippen LogP contribution in [0.3, 0.4) is 0 Å². The maximum Gasteiger partial charge on any atom is 0.0542 e. The zero-order chi connectivity index (χ0) is 47.5. The first-order valence-electron chi connectivity index (χ1n) is 24.7. The molecule has 2 aromatic heterocycles. The predicted molar refractivity (Wildman–Crippen MR) is 305 cm³/mol. The molecule has 0 radical (unpaired) electrons. The molecule has 2 heterocycles. The van der Waals surface area contributed by atoms with Gasteiger partial charge in [-0.05, 0) is 131 Å². The van der Waals surface area contributed by atoms with Gasteiger partial charge in [0.2, 0.25) is 0 Å². The molecule has 4 heteroatoms. The van der Waals surface area contributed by atoms with Gasteiger partial charge in [0.1, 0.15) is 0 Å². The molecule has 0 spiro atoms. The number of anilines is 6. The van der Waals surface area contributed by atoms with E-state index in [0.717, 1.165) is 56.6 Å². The summed E-state index contributed by atoms with van der Waals surface area (Å²) in [5.74, 6) is 0. The van der Waals surface area contributed by atoms with E-state index in [1.807, 2.05) is 0 Å². The van der Waals surface area contributed by atoms with Crippen LogP contribution in [0.25, 0.3) is 87.7 Å². The van der Waals surface area contributed by atoms with Crippen LogP contribution in [0.1, 0.15) is 0 Å². The molecule has 0 saturated carbocycles. The zero-order valence-corrected chi connectivity index (χ0v) is 39.3. The standard InChI is InChI=1S/C68H46N4/c1-3-21-51(22-4-1)71-65-29-13-11-27-59(65)61-45-55(41-43-67(61)71)69(63-31-15-19-49-17-7-9-25-57(49)63)53-37-33-47(34-38-53)48-35-39-54(40-36-48)70(64-32-16-20-50-18-8-10-26-58(50)64)56-42-44-68-62(46-56)60-28-12-14-30-66(60)72(68)52-23-5-2-6-24-52/h1-46H. The maximum absolute atomic E-state index is 2.42. The van der Waals surface area contributed by atoms with E-state index in [1.54, 1.807) is 0 Å². The van der Waals surface area contributed by atoms with Gasteiger partial charge in [-0.2, -0.15) is 0 Å². The lowest BCUT2D eigenvalue weighted by Gasteiger charge is -2.28. The van der Waals surface area contributed by atoms with Crippen LogP contribution in [-0.2, 0) is 0 Å². The highest BCUT2D eigenvalue weighted by atomic mass is 15.2. The maximum atomic E-state index is 2.42. The fraction of sp³-hybridized carbons (Fsp3) is 0. The van der Waals surface area contributed by atoms with Gasteiger partial charge < -0.3 is 18.9 Å². The number of benzene rings is 12. The Hall–Kier alpha value is -9.64. The van der Waals surface area contributed by atoms with E-state index in [2.05, 4.69) is 298 Å². The number of aromatic nitrogens is 2. The summed E-state index contributed by atoms with van der Waals surface area (Å²) in [5, 5.41) is 9.68. The summed E-state index contributed by atoms with van der Waals surface area (Å²) in [6.45, 7) is 0. The lowest BCUT2D eigenvalue weighted by Crippen LogP contribution is -2.10. The summed E-state index contributed by atoms with van der Waals surface area (Å²) < 4.78 is 4.75. The highest BCUT2D eigenvalue weighted by Crippen LogP contribution is 2.45. The van der Waals surface area contributed by atoms with Crippen molar-refractivity contribution in [3.63, 3.8) is 0 Å². The Morgan fingerprint density at radius 2 is 0.556 bits per heavy atom. The second-order valence-electron chi connectivity index (χ2n) is 18.5. The van der Waals surface area contributed by atoms with Crippen LogP contribution in [0.15, 0.2) is 279 Å². The molecule has 0 aliphatic heterocycles. The second kappa shape index (κ2) is 17.1. The summed E-state index contributed by atoms with van der Waals surface area (Å²) >= 11 is 0. The van der Waals surface area contributed by atoms with Crippen LogP contribution in [0.5, 0.6) is 0 Å². The van der Waals surface area contributed by atoms with Crippen LogP contribution >= 0.6 is 0 Å². The number of hydrogen-bond acceptors (Lipinski definition) is 2. The van der Waals surface area contributed by atoms with Crippen LogP contribution in [-0.4, -0.2) is 9.13 Å². The van der Waals surface area contributed by atoms with Gasteiger partial charge >= 0.3 is 0 Å². The zero-order valence-electron chi connectivity index (χ0n) is 39.3. The van der Waals surface area contributed by atoms with Gasteiger partial charge in [-0.15, -0.1) is 0 Å². The van der Waals surface area contributed by atoms with Gasteiger partial charge in [-0.25, -0.2) is 0 Å². The third kappa shape index (κ3) is 6.84. The summed E-state index contributed by atoms with van der Waals surface area (Å²) in [6, 6.07) is 101. The molecule has 0 bridgehead atoms. The van der Waals surface area contributed by atoms with Gasteiger partial charge in [0, 0.05) is 66.4 Å². The van der Waals surface area contributed by atoms with E-state index in [4.69, 9.17) is 0 Å². The van der Waals surface area contributed by atoms with E-state index in [-0.39, 0.29) is 0 Å². The van der Waals surface area contributed by atoms with E-state index in [1.165, 1.54) is 65.2 Å². The van der Waals surface area contributed by atoms with Crippen molar-refractivity contribution in [3.05, 3.63) is 279 Å². The molecule has 0 unspecified atom stereocenters. The second-order valence-corrected chi connectivity index (χ2v) is 18.5. The van der Waals surface area contributed by atoms with Crippen LogP contribution in [0, 0.1) is 0 Å². The fourth-order valence-electron chi connectivity index (χ4n) is 11.2. The fourth-order valence-corrected chi connectivity index (χ4v) is 11.2. The first kappa shape index (κ1) is 41.3. The summed E-state index contributed by atoms with van der Waals surface area (Å²) in [6.07, 6.45) is 0. The van der Waals surface area contributed by atoms with Gasteiger partial charge in [-0.1, -0.05) is 170 Å². The smallest absolute Gasteiger partial charge is 0.0542 e. The Labute approximate surface area is 417 Å². The quantitative estimate of drug-likeness (QED) is 0.143. The molecule has 0 saturated heterocycles. The van der Waals surface area contributed by atoms with Gasteiger partial charge in [0.15, 0.2) is 0 Å². The predicted octanol–water partition coefficient (Wildman–Crippen LogP) is 18.8. The highest BCUT2D eigenvalue weighted by Gasteiger charge is 2.21. The summed E-state index contributed by atoms with van der Waals surface area (Å²) in [7, 11) is 0. The number of para-hydroxylation sites is 4. The molecule has 0 amide bonds. The molecule has 72 heavy (non-hydrogen) atoms. The number of fused-ring (bicyclic) bond motifs is 8. The largest absolute Gasteiger partial charge is 0.310 e. The molecular weight excluding hydrogens is 873 g/mol. The topological polar surface area (TPSA) is 16.3 Å². The van der Waals surface area contributed by atoms with E-state index in [0.29, 0.717) is 0 Å². The Morgan fingerprint density at radius 1 is 0.222 bits per heavy atom. The normalized spacial score (nSPS) is 11.6. The van der Waals surface area contributed by atoms with Crippen LogP contribution in [0.4, 0.5) is 34.1 Å². The Kier molecular flexibility index (Phi) is 9.82. The lowest BCUT2D eigenvalue weighted by atomic mass is 10.0. The van der Waals surface area contributed by atoms with Crippen LogP contribution < -0.4 is 9.80 Å². The molecule has 338 valence electrons. The van der Waals surface area contributed by atoms with Crippen molar-refractivity contribution >= 4 is 99.3 Å². The van der Waals surface area contributed by atoms with Gasteiger partial charge in [0.25, 0.3) is 0 Å². The van der Waals surface area contributed by atoms with Crippen molar-refractivity contribution in [3.8, 4) is 22.5 Å². The van der Waals surface area contributed by atoms with E-state index < -0.39 is 0 Å². The first-order chi connectivity index (χ1) is 35.7. The Morgan fingerprint density at radius 3 is 0.986 bits per heavy atom. The molecule has 0 fully saturated rings. The molecular formula is C68H46N4. The summed E-state index contributed by atoms with van der Waals surface area (Å²) in [4.78, 5) is 4.83.